The van der Waals surface area contributed by atoms with E-state index in [2.05, 4.69) is 10.6 Å². The van der Waals surface area contributed by atoms with Crippen molar-refractivity contribution >= 4 is 34.7 Å². The molecular weight excluding hydrogens is 340 g/mol. The molecule has 0 unspecified atom stereocenters. The van der Waals surface area contributed by atoms with E-state index < -0.39 is 22.9 Å². The van der Waals surface area contributed by atoms with Gasteiger partial charge in [-0.15, -0.1) is 0 Å². The van der Waals surface area contributed by atoms with E-state index in [1.807, 2.05) is 0 Å². The van der Waals surface area contributed by atoms with E-state index in [1.165, 1.54) is 12.0 Å². The van der Waals surface area contributed by atoms with Gasteiger partial charge in [0.15, 0.2) is 0 Å². The van der Waals surface area contributed by atoms with Crippen molar-refractivity contribution in [2.24, 2.45) is 0 Å². The highest BCUT2D eigenvalue weighted by Gasteiger charge is 2.44. The van der Waals surface area contributed by atoms with Crippen LogP contribution in [0.3, 0.4) is 0 Å². The van der Waals surface area contributed by atoms with Crippen molar-refractivity contribution in [1.29, 1.82) is 5.41 Å². The van der Waals surface area contributed by atoms with Gasteiger partial charge in [-0.1, -0.05) is 0 Å². The van der Waals surface area contributed by atoms with E-state index in [0.29, 0.717) is 0 Å². The quantitative estimate of drug-likeness (QED) is 0.502. The van der Waals surface area contributed by atoms with Gasteiger partial charge in [0.2, 0.25) is 0 Å². The fraction of sp³-hybridized carbons (Fsp3) is 0.571. The summed E-state index contributed by atoms with van der Waals surface area (Å²) in [7, 11) is 1.35. The van der Waals surface area contributed by atoms with Gasteiger partial charge in [0.05, 0.1) is 24.4 Å². The number of nitrogens with zero attached hydrogens (tertiary/aromatic N) is 1. The zero-order valence-electron chi connectivity index (χ0n) is 14.0. The van der Waals surface area contributed by atoms with E-state index in [9.17, 15) is 14.4 Å². The lowest BCUT2D eigenvalue weighted by Crippen LogP contribution is -2.44. The van der Waals surface area contributed by atoms with E-state index in [4.69, 9.17) is 26.5 Å². The van der Waals surface area contributed by atoms with Gasteiger partial charge >= 0.3 is 11.5 Å². The molecule has 134 valence electrons. The van der Waals surface area contributed by atoms with Crippen LogP contribution in [0.2, 0.25) is 0 Å². The summed E-state index contributed by atoms with van der Waals surface area (Å²) in [6, 6.07) is 0. The topological polar surface area (TPSA) is 121 Å². The number of nitrogens with one attached hydrogen (secondary N) is 3. The number of carbonyl (C=O) groups is 3. The van der Waals surface area contributed by atoms with E-state index in [-0.39, 0.29) is 36.9 Å². The molecule has 0 saturated carbocycles. The molecule has 1 aliphatic rings. The Bertz CT molecular complexity index is 566. The van der Waals surface area contributed by atoms with E-state index >= 15 is 0 Å². The predicted molar refractivity (Wildman–Crippen MR) is 87.0 cm³/mol. The molecule has 0 aromatic rings. The van der Waals surface area contributed by atoms with Crippen molar-refractivity contribution in [2.75, 3.05) is 26.9 Å². The van der Waals surface area contributed by atoms with E-state index in [0.717, 1.165) is 0 Å². The normalized spacial score (nSPS) is 18.2. The average molecular weight is 361 g/mol. The third kappa shape index (κ3) is 4.45. The molecule has 0 radical (unpaired) electrons. The number of methoxy groups -OCH3 is 1. The molecule has 3 amide bonds. The van der Waals surface area contributed by atoms with Gasteiger partial charge in [0.25, 0.3) is 5.91 Å². The molecule has 0 spiro atoms. The first-order valence-corrected chi connectivity index (χ1v) is 7.55. The fourth-order valence-corrected chi connectivity index (χ4v) is 2.45. The molecule has 0 aliphatic carbocycles. The first kappa shape index (κ1) is 19.9. The monoisotopic (exact) mass is 360 g/mol. The number of halogens is 1. The minimum atomic E-state index is -0.984. The van der Waals surface area contributed by atoms with Crippen molar-refractivity contribution < 1.29 is 23.9 Å². The first-order valence-electron chi connectivity index (χ1n) is 7.17. The number of ether oxygens (including phenoxy) is 2. The molecular formula is C14H21ClN4O5. The van der Waals surface area contributed by atoms with Crippen molar-refractivity contribution in [1.82, 2.24) is 15.5 Å². The molecule has 0 bridgehead atoms. The lowest BCUT2D eigenvalue weighted by molar-refractivity contribution is -0.124. The van der Waals surface area contributed by atoms with Crippen LogP contribution in [-0.2, 0) is 14.3 Å². The summed E-state index contributed by atoms with van der Waals surface area (Å²) < 4.78 is 9.52. The number of rotatable bonds is 5. The third-order valence-electron chi connectivity index (χ3n) is 3.46. The summed E-state index contributed by atoms with van der Waals surface area (Å²) in [6.45, 7) is 4.77. The Hall–Kier alpha value is -2.13. The van der Waals surface area contributed by atoms with Crippen LogP contribution in [-0.4, -0.2) is 60.4 Å². The largest absolute Gasteiger partial charge is 0.450 e. The Morgan fingerprint density at radius 1 is 1.33 bits per heavy atom. The Kier molecular flexibility index (Phi) is 6.73. The number of carbonyl (C=O) groups excluding carboxylic acids is 3. The average Bonchev–Trinajstić information content (AvgIpc) is 2.70. The smallest absolute Gasteiger partial charge is 0.412 e. The molecule has 1 fully saturated rings. The second-order valence-electron chi connectivity index (χ2n) is 5.45. The molecule has 0 aromatic heterocycles. The summed E-state index contributed by atoms with van der Waals surface area (Å²) in [5.41, 5.74) is -0.686. The zero-order chi connectivity index (χ0) is 18.5. The minimum Gasteiger partial charge on any atom is -0.450 e. The van der Waals surface area contributed by atoms with Gasteiger partial charge in [-0.2, -0.15) is 0 Å². The second-order valence-corrected chi connectivity index (χ2v) is 5.78. The summed E-state index contributed by atoms with van der Waals surface area (Å²) >= 11 is 5.56. The molecule has 0 atom stereocenters. The highest BCUT2D eigenvalue weighted by molar-refractivity contribution is 6.63. The minimum absolute atomic E-state index is 0.0333. The lowest BCUT2D eigenvalue weighted by Gasteiger charge is -2.28. The highest BCUT2D eigenvalue weighted by Crippen LogP contribution is 2.31. The second kappa shape index (κ2) is 8.11. The number of likely N-dealkylation sites (tertiary alicyclic amines) is 1. The Morgan fingerprint density at radius 3 is 2.42 bits per heavy atom. The van der Waals surface area contributed by atoms with E-state index in [1.54, 1.807) is 20.8 Å². The number of hydrogen-bond acceptors (Lipinski definition) is 6. The van der Waals surface area contributed by atoms with Crippen LogP contribution in [0.25, 0.3) is 0 Å². The number of hydrogen-bond donors (Lipinski definition) is 3. The fourth-order valence-electron chi connectivity index (χ4n) is 2.18. The van der Waals surface area contributed by atoms with Crippen LogP contribution in [0, 0.1) is 5.41 Å². The number of alkyl carbamates (subject to hydrolysis) is 1. The maximum absolute atomic E-state index is 11.8. The molecule has 1 heterocycles. The SMILES string of the molecule is CCOC(=O)N/C(NC(=O)COC)=C1/CN(C(=O)Cl)C(C)(C)C1=N. The zero-order valence-corrected chi connectivity index (χ0v) is 14.7. The van der Waals surface area contributed by atoms with Crippen LogP contribution < -0.4 is 10.6 Å². The Labute approximate surface area is 144 Å². The summed E-state index contributed by atoms with van der Waals surface area (Å²) in [5, 5.41) is 12.4. The maximum atomic E-state index is 11.8. The highest BCUT2D eigenvalue weighted by atomic mass is 35.5. The van der Waals surface area contributed by atoms with Crippen molar-refractivity contribution in [3.05, 3.63) is 11.4 Å². The van der Waals surface area contributed by atoms with Crippen LogP contribution in [0.5, 0.6) is 0 Å². The molecule has 1 aliphatic heterocycles. The maximum Gasteiger partial charge on any atom is 0.412 e. The predicted octanol–water partition coefficient (Wildman–Crippen LogP) is 1.18. The van der Waals surface area contributed by atoms with Crippen LogP contribution in [0.1, 0.15) is 20.8 Å². The number of amides is 3. The summed E-state index contributed by atoms with van der Waals surface area (Å²) in [4.78, 5) is 36.3. The molecule has 1 saturated heterocycles. The van der Waals surface area contributed by atoms with Crippen LogP contribution >= 0.6 is 11.6 Å². The molecule has 10 heteroatoms. The van der Waals surface area contributed by atoms with Crippen LogP contribution in [0.4, 0.5) is 9.59 Å². The van der Waals surface area contributed by atoms with Gasteiger partial charge in [0.1, 0.15) is 12.4 Å². The van der Waals surface area contributed by atoms with Crippen molar-refractivity contribution in [3.8, 4) is 0 Å². The van der Waals surface area contributed by atoms with Gasteiger partial charge < -0.3 is 25.1 Å². The van der Waals surface area contributed by atoms with Gasteiger partial charge in [0, 0.05) is 12.7 Å². The van der Waals surface area contributed by atoms with Crippen molar-refractivity contribution in [3.63, 3.8) is 0 Å². The van der Waals surface area contributed by atoms with Gasteiger partial charge in [-0.3, -0.25) is 14.9 Å². The molecule has 3 N–H and O–H groups in total. The van der Waals surface area contributed by atoms with Gasteiger partial charge in [-0.05, 0) is 32.4 Å². The lowest BCUT2D eigenvalue weighted by atomic mass is 9.97. The molecule has 9 nitrogen and oxygen atoms in total. The Balaban J connectivity index is 3.21. The third-order valence-corrected chi connectivity index (χ3v) is 3.66. The molecule has 24 heavy (non-hydrogen) atoms. The summed E-state index contributed by atoms with van der Waals surface area (Å²) in [6.07, 6.45) is -0.793. The summed E-state index contributed by atoms with van der Waals surface area (Å²) in [5.74, 6) is -0.563. The van der Waals surface area contributed by atoms with Crippen LogP contribution in [0.15, 0.2) is 11.4 Å². The first-order chi connectivity index (χ1) is 11.1. The van der Waals surface area contributed by atoms with Gasteiger partial charge in [-0.25, -0.2) is 4.79 Å². The van der Waals surface area contributed by atoms with Crippen molar-refractivity contribution in [2.45, 2.75) is 26.3 Å². The molecule has 0 aromatic carbocycles. The Morgan fingerprint density at radius 2 is 1.96 bits per heavy atom. The molecule has 1 rings (SSSR count). The standard InChI is InChI=1S/C14H21ClN4O5/c1-5-24-13(22)18-11(17-9(20)7-23-4)8-6-19(12(15)21)14(2,3)10(8)16/h16H,5-7H2,1-4H3,(H,17,20)(H,18,22)/b11-8-,16-10?.